The fraction of sp³-hybridized carbons (Fsp3) is 0.435. The molecule has 0 bridgehead atoms. The first-order valence-corrected chi connectivity index (χ1v) is 11.2. The summed E-state index contributed by atoms with van der Waals surface area (Å²) in [4.78, 5) is 14.7. The predicted molar refractivity (Wildman–Crippen MR) is 118 cm³/mol. The number of methoxy groups -OCH3 is 1. The molecule has 1 aromatic carbocycles. The van der Waals surface area contributed by atoms with Gasteiger partial charge >= 0.3 is 0 Å². The Morgan fingerprint density at radius 2 is 2.07 bits per heavy atom. The van der Waals surface area contributed by atoms with Gasteiger partial charge in [0.15, 0.2) is 0 Å². The molecule has 1 atom stereocenters. The molecular formula is C23H28N2O3S. The molecule has 1 amide bonds. The number of hydrogen-bond acceptors (Lipinski definition) is 5. The smallest absolute Gasteiger partial charge is 0.259 e. The maximum absolute atomic E-state index is 13.4. The van der Waals surface area contributed by atoms with Gasteiger partial charge < -0.3 is 20.1 Å². The molecule has 1 unspecified atom stereocenters. The minimum atomic E-state index is -0.0777. The lowest BCUT2D eigenvalue weighted by Gasteiger charge is -2.13. The van der Waals surface area contributed by atoms with Crippen LogP contribution in [0.3, 0.4) is 0 Å². The van der Waals surface area contributed by atoms with Crippen LogP contribution in [-0.2, 0) is 17.6 Å². The molecule has 0 saturated heterocycles. The number of fused-ring (bicyclic) bond motifs is 1. The van der Waals surface area contributed by atoms with Crippen LogP contribution in [0.2, 0.25) is 0 Å². The number of hydrogen-bond donors (Lipinski definition) is 2. The number of rotatable bonds is 6. The Balaban J connectivity index is 1.60. The van der Waals surface area contributed by atoms with Crippen molar-refractivity contribution >= 4 is 27.9 Å². The molecular weight excluding hydrogens is 384 g/mol. The number of ether oxygens (including phenoxy) is 2. The number of benzene rings is 1. The van der Waals surface area contributed by atoms with Crippen LogP contribution < -0.4 is 15.4 Å². The maximum atomic E-state index is 13.4. The molecule has 1 aromatic heterocycles. The number of thiophene rings is 1. The van der Waals surface area contributed by atoms with E-state index in [0.717, 1.165) is 42.0 Å². The van der Waals surface area contributed by atoms with Gasteiger partial charge in [0.25, 0.3) is 5.91 Å². The lowest BCUT2D eigenvalue weighted by Crippen LogP contribution is -2.17. The lowest BCUT2D eigenvalue weighted by molar-refractivity contribution is 0.102. The summed E-state index contributed by atoms with van der Waals surface area (Å²) < 4.78 is 11.2. The van der Waals surface area contributed by atoms with E-state index in [0.29, 0.717) is 18.0 Å². The number of carbonyl (C=O) groups excluding carboxylic acids is 1. The minimum absolute atomic E-state index is 0.0777. The van der Waals surface area contributed by atoms with Gasteiger partial charge in [0.2, 0.25) is 0 Å². The van der Waals surface area contributed by atoms with Crippen LogP contribution >= 0.6 is 11.3 Å². The molecule has 0 saturated carbocycles. The van der Waals surface area contributed by atoms with Crippen molar-refractivity contribution in [2.45, 2.75) is 51.6 Å². The van der Waals surface area contributed by atoms with E-state index in [2.05, 4.69) is 23.6 Å². The van der Waals surface area contributed by atoms with Crippen molar-refractivity contribution in [2.75, 3.05) is 24.3 Å². The van der Waals surface area contributed by atoms with Gasteiger partial charge in [0, 0.05) is 11.3 Å². The third-order valence-electron chi connectivity index (χ3n) is 5.46. The van der Waals surface area contributed by atoms with Crippen LogP contribution in [0.1, 0.15) is 53.4 Å². The fourth-order valence-electron chi connectivity index (χ4n) is 3.97. The number of nitrogens with one attached hydrogen (secondary N) is 2. The molecule has 154 valence electrons. The van der Waals surface area contributed by atoms with Gasteiger partial charge in [0.05, 0.1) is 31.0 Å². The minimum Gasteiger partial charge on any atom is -0.495 e. The van der Waals surface area contributed by atoms with Crippen molar-refractivity contribution < 1.29 is 14.3 Å². The molecule has 5 nitrogen and oxygen atoms in total. The van der Waals surface area contributed by atoms with Crippen LogP contribution in [0.5, 0.6) is 5.75 Å². The SMILES string of the molecule is COc1ccccc1NC(=O)c1c(NCC2=CCC(C)O2)sc2c1CCCCC2. The van der Waals surface area contributed by atoms with Crippen LogP contribution in [0, 0.1) is 0 Å². The first-order valence-electron chi connectivity index (χ1n) is 10.3. The molecule has 2 aromatic rings. The van der Waals surface area contributed by atoms with Crippen LogP contribution in [0.25, 0.3) is 0 Å². The van der Waals surface area contributed by atoms with Gasteiger partial charge in [-0.2, -0.15) is 0 Å². The molecule has 1 aliphatic heterocycles. The van der Waals surface area contributed by atoms with E-state index in [1.807, 2.05) is 24.3 Å². The summed E-state index contributed by atoms with van der Waals surface area (Å²) in [7, 11) is 1.62. The quantitative estimate of drug-likeness (QED) is 0.625. The number of aryl methyl sites for hydroxylation is 1. The summed E-state index contributed by atoms with van der Waals surface area (Å²) in [5, 5.41) is 7.49. The molecule has 6 heteroatoms. The normalized spacial score (nSPS) is 18.3. The Hall–Kier alpha value is -2.47. The zero-order valence-electron chi connectivity index (χ0n) is 17.0. The number of carbonyl (C=O) groups is 1. The van der Waals surface area contributed by atoms with E-state index >= 15 is 0 Å². The third-order valence-corrected chi connectivity index (χ3v) is 6.71. The number of amides is 1. The van der Waals surface area contributed by atoms with Crippen LogP contribution in [0.4, 0.5) is 10.7 Å². The van der Waals surface area contributed by atoms with E-state index in [-0.39, 0.29) is 12.0 Å². The van der Waals surface area contributed by atoms with E-state index in [1.165, 1.54) is 23.3 Å². The Bertz CT molecular complexity index is 919. The van der Waals surface area contributed by atoms with Crippen LogP contribution in [-0.4, -0.2) is 25.7 Å². The van der Waals surface area contributed by atoms with Gasteiger partial charge in [-0.1, -0.05) is 18.6 Å². The average molecular weight is 413 g/mol. The highest BCUT2D eigenvalue weighted by molar-refractivity contribution is 7.16. The van der Waals surface area contributed by atoms with Gasteiger partial charge in [-0.3, -0.25) is 4.79 Å². The summed E-state index contributed by atoms with van der Waals surface area (Å²) in [5.74, 6) is 1.54. The molecule has 1 aliphatic carbocycles. The largest absolute Gasteiger partial charge is 0.495 e. The maximum Gasteiger partial charge on any atom is 0.259 e. The summed E-state index contributed by atoms with van der Waals surface area (Å²) in [5.41, 5.74) is 2.68. The standard InChI is InChI=1S/C23H28N2O3S/c1-15-12-13-16(28-15)14-24-23-21(17-8-4-3-5-11-20(17)29-23)22(26)25-18-9-6-7-10-19(18)27-2/h6-7,9-10,13,15,24H,3-5,8,11-12,14H2,1-2H3,(H,25,26). The Morgan fingerprint density at radius 1 is 1.24 bits per heavy atom. The van der Waals surface area contributed by atoms with E-state index in [1.54, 1.807) is 18.4 Å². The van der Waals surface area contributed by atoms with Crippen molar-refractivity contribution in [3.05, 3.63) is 52.1 Å². The molecule has 2 heterocycles. The lowest BCUT2D eigenvalue weighted by atomic mass is 10.0. The topological polar surface area (TPSA) is 59.6 Å². The Kier molecular flexibility index (Phi) is 6.09. The molecule has 29 heavy (non-hydrogen) atoms. The predicted octanol–water partition coefficient (Wildman–Crippen LogP) is 5.38. The number of para-hydroxylation sites is 2. The monoisotopic (exact) mass is 412 g/mol. The van der Waals surface area contributed by atoms with Crippen molar-refractivity contribution in [1.82, 2.24) is 0 Å². The van der Waals surface area contributed by atoms with Gasteiger partial charge in [-0.25, -0.2) is 0 Å². The first kappa shape index (κ1) is 19.8. The fourth-order valence-corrected chi connectivity index (χ4v) is 5.26. The van der Waals surface area contributed by atoms with Gasteiger partial charge in [-0.05, 0) is 56.4 Å². The second kappa shape index (κ2) is 8.91. The zero-order chi connectivity index (χ0) is 20.2. The summed E-state index contributed by atoms with van der Waals surface area (Å²) >= 11 is 1.72. The second-order valence-corrected chi connectivity index (χ2v) is 8.72. The molecule has 2 aliphatic rings. The number of anilines is 2. The molecule has 0 fully saturated rings. The molecule has 0 radical (unpaired) electrons. The highest BCUT2D eigenvalue weighted by Crippen LogP contribution is 2.38. The van der Waals surface area contributed by atoms with E-state index in [4.69, 9.17) is 9.47 Å². The highest BCUT2D eigenvalue weighted by atomic mass is 32.1. The van der Waals surface area contributed by atoms with Crippen molar-refractivity contribution in [3.63, 3.8) is 0 Å². The highest BCUT2D eigenvalue weighted by Gasteiger charge is 2.26. The van der Waals surface area contributed by atoms with Crippen molar-refractivity contribution in [3.8, 4) is 5.75 Å². The molecule has 2 N–H and O–H groups in total. The summed E-state index contributed by atoms with van der Waals surface area (Å²) in [6.45, 7) is 2.68. The van der Waals surface area contributed by atoms with E-state index < -0.39 is 0 Å². The summed E-state index contributed by atoms with van der Waals surface area (Å²) in [6.07, 6.45) is 8.85. The van der Waals surface area contributed by atoms with Gasteiger partial charge in [0.1, 0.15) is 16.5 Å². The van der Waals surface area contributed by atoms with Crippen molar-refractivity contribution in [2.24, 2.45) is 0 Å². The van der Waals surface area contributed by atoms with Gasteiger partial charge in [-0.15, -0.1) is 11.3 Å². The zero-order valence-corrected chi connectivity index (χ0v) is 17.9. The second-order valence-electron chi connectivity index (χ2n) is 7.61. The molecule has 4 rings (SSSR count). The third kappa shape index (κ3) is 4.42. The Labute approximate surface area is 176 Å². The van der Waals surface area contributed by atoms with E-state index in [9.17, 15) is 4.79 Å². The van der Waals surface area contributed by atoms with Crippen molar-refractivity contribution in [1.29, 1.82) is 0 Å². The summed E-state index contributed by atoms with van der Waals surface area (Å²) in [6, 6.07) is 7.52. The average Bonchev–Trinajstić information content (AvgIpc) is 3.22. The molecule has 0 spiro atoms. The van der Waals surface area contributed by atoms with Crippen LogP contribution in [0.15, 0.2) is 36.1 Å². The first-order chi connectivity index (χ1) is 14.2. The Morgan fingerprint density at radius 3 is 2.86 bits per heavy atom.